The minimum Gasteiger partial charge on any atom is -0.313 e. The minimum absolute atomic E-state index is 0.496. The molecule has 0 aliphatic heterocycles. The summed E-state index contributed by atoms with van der Waals surface area (Å²) < 4.78 is 0. The van der Waals surface area contributed by atoms with Crippen molar-refractivity contribution < 1.29 is 0 Å². The van der Waals surface area contributed by atoms with E-state index in [1.165, 1.54) is 31.2 Å². The van der Waals surface area contributed by atoms with Gasteiger partial charge in [0.1, 0.15) is 0 Å². The summed E-state index contributed by atoms with van der Waals surface area (Å²) in [6.45, 7) is 4.58. The Morgan fingerprint density at radius 1 is 1.24 bits per heavy atom. The molecule has 1 aromatic rings. The molecule has 1 fully saturated rings. The van der Waals surface area contributed by atoms with Gasteiger partial charge in [0.25, 0.3) is 0 Å². The van der Waals surface area contributed by atoms with Gasteiger partial charge in [0, 0.05) is 6.04 Å². The lowest BCUT2D eigenvalue weighted by Crippen LogP contribution is -2.23. The summed E-state index contributed by atoms with van der Waals surface area (Å²) in [5, 5.41) is 3.45. The number of hydrogen-bond donors (Lipinski definition) is 1. The standard InChI is InChI=1S/C16H25N/c1-4-12(2)16(17-3)15-10-8-14(9-11-15)13-6-5-7-13/h8-13,16-17H,4-7H2,1-3H3. The van der Waals surface area contributed by atoms with Crippen LogP contribution in [0.1, 0.15) is 62.6 Å². The van der Waals surface area contributed by atoms with E-state index >= 15 is 0 Å². The fourth-order valence-electron chi connectivity index (χ4n) is 2.73. The van der Waals surface area contributed by atoms with Crippen LogP contribution in [0.3, 0.4) is 0 Å². The van der Waals surface area contributed by atoms with E-state index in [-0.39, 0.29) is 0 Å². The molecule has 17 heavy (non-hydrogen) atoms. The van der Waals surface area contributed by atoms with Gasteiger partial charge in [-0.2, -0.15) is 0 Å². The third-order valence-electron chi connectivity index (χ3n) is 4.40. The Balaban J connectivity index is 2.09. The van der Waals surface area contributed by atoms with Crippen LogP contribution in [-0.4, -0.2) is 7.05 Å². The Bertz CT molecular complexity index is 337. The summed E-state index contributed by atoms with van der Waals surface area (Å²) in [5.74, 6) is 1.54. The van der Waals surface area contributed by atoms with Gasteiger partial charge in [-0.3, -0.25) is 0 Å². The fourth-order valence-corrected chi connectivity index (χ4v) is 2.73. The number of benzene rings is 1. The van der Waals surface area contributed by atoms with Gasteiger partial charge < -0.3 is 5.32 Å². The van der Waals surface area contributed by atoms with Gasteiger partial charge in [-0.05, 0) is 42.9 Å². The van der Waals surface area contributed by atoms with Crippen LogP contribution in [0.4, 0.5) is 0 Å². The smallest absolute Gasteiger partial charge is 0.0343 e. The molecule has 0 bridgehead atoms. The molecule has 0 aromatic heterocycles. The first-order valence-corrected chi connectivity index (χ1v) is 7.03. The summed E-state index contributed by atoms with van der Waals surface area (Å²) in [7, 11) is 2.07. The molecule has 2 rings (SSSR count). The quantitative estimate of drug-likeness (QED) is 0.798. The van der Waals surface area contributed by atoms with E-state index in [0.717, 1.165) is 5.92 Å². The van der Waals surface area contributed by atoms with Gasteiger partial charge in [0.2, 0.25) is 0 Å². The second-order valence-electron chi connectivity index (χ2n) is 5.45. The number of hydrogen-bond acceptors (Lipinski definition) is 1. The summed E-state index contributed by atoms with van der Waals surface area (Å²) in [6, 6.07) is 9.81. The molecular formula is C16H25N. The molecule has 0 saturated heterocycles. The second-order valence-corrected chi connectivity index (χ2v) is 5.45. The molecule has 1 nitrogen and oxygen atoms in total. The van der Waals surface area contributed by atoms with E-state index < -0.39 is 0 Å². The first-order chi connectivity index (χ1) is 8.26. The average Bonchev–Trinajstić information content (AvgIpc) is 2.29. The molecule has 1 saturated carbocycles. The zero-order valence-electron chi connectivity index (χ0n) is 11.4. The highest BCUT2D eigenvalue weighted by Crippen LogP contribution is 2.36. The number of nitrogens with one attached hydrogen (secondary N) is 1. The Morgan fingerprint density at radius 2 is 1.88 bits per heavy atom. The second kappa shape index (κ2) is 5.68. The van der Waals surface area contributed by atoms with E-state index in [1.807, 2.05) is 0 Å². The Labute approximate surface area is 106 Å². The van der Waals surface area contributed by atoms with Gasteiger partial charge in [-0.25, -0.2) is 0 Å². The van der Waals surface area contributed by atoms with E-state index in [0.29, 0.717) is 12.0 Å². The van der Waals surface area contributed by atoms with Crippen LogP contribution in [0.2, 0.25) is 0 Å². The Hall–Kier alpha value is -0.820. The maximum atomic E-state index is 3.45. The van der Waals surface area contributed by atoms with E-state index in [4.69, 9.17) is 0 Å². The van der Waals surface area contributed by atoms with Crippen molar-refractivity contribution in [2.24, 2.45) is 5.92 Å². The van der Waals surface area contributed by atoms with Gasteiger partial charge in [-0.1, -0.05) is 51.0 Å². The summed E-state index contributed by atoms with van der Waals surface area (Å²) in [6.07, 6.45) is 5.41. The molecule has 0 heterocycles. The molecule has 2 atom stereocenters. The summed E-state index contributed by atoms with van der Waals surface area (Å²) in [5.41, 5.74) is 2.98. The summed E-state index contributed by atoms with van der Waals surface area (Å²) in [4.78, 5) is 0. The van der Waals surface area contributed by atoms with Gasteiger partial charge in [0.15, 0.2) is 0 Å². The lowest BCUT2D eigenvalue weighted by Gasteiger charge is -2.27. The van der Waals surface area contributed by atoms with Crippen molar-refractivity contribution in [3.63, 3.8) is 0 Å². The van der Waals surface area contributed by atoms with E-state index in [1.54, 1.807) is 5.56 Å². The highest BCUT2D eigenvalue weighted by atomic mass is 14.9. The molecule has 1 heteroatoms. The average molecular weight is 231 g/mol. The first kappa shape index (κ1) is 12.6. The first-order valence-electron chi connectivity index (χ1n) is 7.03. The van der Waals surface area contributed by atoms with Gasteiger partial charge in [-0.15, -0.1) is 0 Å². The van der Waals surface area contributed by atoms with Crippen molar-refractivity contribution in [2.45, 2.75) is 51.5 Å². The van der Waals surface area contributed by atoms with Crippen molar-refractivity contribution in [3.8, 4) is 0 Å². The van der Waals surface area contributed by atoms with Crippen LogP contribution in [0.25, 0.3) is 0 Å². The van der Waals surface area contributed by atoms with Crippen LogP contribution in [0, 0.1) is 5.92 Å². The highest BCUT2D eigenvalue weighted by molar-refractivity contribution is 5.28. The number of rotatable bonds is 5. The zero-order valence-corrected chi connectivity index (χ0v) is 11.4. The molecule has 1 aliphatic carbocycles. The Morgan fingerprint density at radius 3 is 2.29 bits per heavy atom. The molecule has 1 aliphatic rings. The largest absolute Gasteiger partial charge is 0.313 e. The van der Waals surface area contributed by atoms with E-state index in [2.05, 4.69) is 50.5 Å². The lowest BCUT2D eigenvalue weighted by molar-refractivity contribution is 0.399. The highest BCUT2D eigenvalue weighted by Gasteiger charge is 2.20. The normalized spacial score (nSPS) is 19.7. The predicted molar refractivity (Wildman–Crippen MR) is 74.3 cm³/mol. The van der Waals surface area contributed by atoms with Gasteiger partial charge in [0.05, 0.1) is 0 Å². The third kappa shape index (κ3) is 2.71. The monoisotopic (exact) mass is 231 g/mol. The van der Waals surface area contributed by atoms with Crippen molar-refractivity contribution in [3.05, 3.63) is 35.4 Å². The molecule has 94 valence electrons. The van der Waals surface area contributed by atoms with Crippen molar-refractivity contribution in [1.82, 2.24) is 5.32 Å². The van der Waals surface area contributed by atoms with Crippen LogP contribution < -0.4 is 5.32 Å². The van der Waals surface area contributed by atoms with Crippen molar-refractivity contribution in [1.29, 1.82) is 0 Å². The maximum absolute atomic E-state index is 3.45. The SMILES string of the molecule is CCC(C)C(NC)c1ccc(C2CCC2)cc1. The molecule has 2 unspecified atom stereocenters. The van der Waals surface area contributed by atoms with Crippen LogP contribution in [0.5, 0.6) is 0 Å². The third-order valence-corrected chi connectivity index (χ3v) is 4.40. The molecule has 0 spiro atoms. The maximum Gasteiger partial charge on any atom is 0.0343 e. The minimum atomic E-state index is 0.496. The molecule has 0 amide bonds. The van der Waals surface area contributed by atoms with Crippen LogP contribution in [-0.2, 0) is 0 Å². The fraction of sp³-hybridized carbons (Fsp3) is 0.625. The van der Waals surface area contributed by atoms with Crippen LogP contribution in [0.15, 0.2) is 24.3 Å². The summed E-state index contributed by atoms with van der Waals surface area (Å²) >= 11 is 0. The molecular weight excluding hydrogens is 206 g/mol. The Kier molecular flexibility index (Phi) is 4.22. The van der Waals surface area contributed by atoms with E-state index in [9.17, 15) is 0 Å². The predicted octanol–water partition coefficient (Wildman–Crippen LogP) is 4.26. The zero-order chi connectivity index (χ0) is 12.3. The molecule has 1 N–H and O–H groups in total. The topological polar surface area (TPSA) is 12.0 Å². The van der Waals surface area contributed by atoms with Crippen molar-refractivity contribution in [2.75, 3.05) is 7.05 Å². The molecule has 0 radical (unpaired) electrons. The van der Waals surface area contributed by atoms with Gasteiger partial charge >= 0.3 is 0 Å². The van der Waals surface area contributed by atoms with Crippen molar-refractivity contribution >= 4 is 0 Å². The molecule has 1 aromatic carbocycles. The van der Waals surface area contributed by atoms with Crippen LogP contribution >= 0.6 is 0 Å². The lowest BCUT2D eigenvalue weighted by atomic mass is 9.79.